The number of rotatable bonds is 7. The molecule has 0 unspecified atom stereocenters. The van der Waals surface area contributed by atoms with Gasteiger partial charge in [-0.3, -0.25) is 0 Å². The van der Waals surface area contributed by atoms with Crippen molar-refractivity contribution in [3.63, 3.8) is 0 Å². The van der Waals surface area contributed by atoms with Crippen LogP contribution < -0.4 is 10.5 Å². The smallest absolute Gasteiger partial charge is 0.219 e. The minimum absolute atomic E-state index is 0.585. The van der Waals surface area contributed by atoms with Crippen molar-refractivity contribution in [1.82, 2.24) is 4.90 Å². The second kappa shape index (κ2) is 11.8. The topological polar surface area (TPSA) is 60.1 Å². The highest BCUT2D eigenvalue weighted by atomic mass is 16.5. The third kappa shape index (κ3) is 6.48. The zero-order chi connectivity index (χ0) is 17.8. The molecule has 0 saturated carbocycles. The average molecular weight is 323 g/mol. The predicted molar refractivity (Wildman–Crippen MR) is 99.7 cm³/mol. The molecule has 0 bridgehead atoms. The SMILES string of the molecule is CC.CCN(CC)CCN=C(OC)c1cc(C)c(N)cc1OC. The van der Waals surface area contributed by atoms with Gasteiger partial charge in [0.25, 0.3) is 0 Å². The van der Waals surface area contributed by atoms with Crippen molar-refractivity contribution in [3.05, 3.63) is 23.3 Å². The second-order valence-electron chi connectivity index (χ2n) is 4.83. The molecule has 0 spiro atoms. The molecule has 0 aliphatic rings. The lowest BCUT2D eigenvalue weighted by molar-refractivity contribution is 0.311. The number of nitrogen functional groups attached to an aromatic ring is 1. The van der Waals surface area contributed by atoms with E-state index in [0.29, 0.717) is 23.9 Å². The van der Waals surface area contributed by atoms with Gasteiger partial charge in [-0.05, 0) is 31.6 Å². The Morgan fingerprint density at radius 3 is 2.26 bits per heavy atom. The fourth-order valence-electron chi connectivity index (χ4n) is 2.13. The molecule has 5 nitrogen and oxygen atoms in total. The van der Waals surface area contributed by atoms with Gasteiger partial charge in [0.15, 0.2) is 0 Å². The standard InChI is InChI=1S/C16H27N3O2.C2H6/c1-6-19(7-2)9-8-18-16(21-5)13-10-12(3)14(17)11-15(13)20-4;1-2/h10-11H,6-9,17H2,1-5H3;1-2H3. The first-order chi connectivity index (χ1) is 11.1. The molecule has 0 fully saturated rings. The number of methoxy groups -OCH3 is 2. The van der Waals surface area contributed by atoms with Crippen LogP contribution in [0.25, 0.3) is 0 Å². The molecule has 0 amide bonds. The molecule has 132 valence electrons. The average Bonchev–Trinajstić information content (AvgIpc) is 2.59. The highest BCUT2D eigenvalue weighted by molar-refractivity contribution is 5.97. The molecule has 1 aromatic carbocycles. The van der Waals surface area contributed by atoms with Crippen LogP contribution in [0, 0.1) is 6.92 Å². The molecule has 1 rings (SSSR count). The minimum atomic E-state index is 0.585. The fourth-order valence-corrected chi connectivity index (χ4v) is 2.13. The van der Waals surface area contributed by atoms with Crippen LogP contribution in [0.4, 0.5) is 5.69 Å². The van der Waals surface area contributed by atoms with Crippen LogP contribution >= 0.6 is 0 Å². The molecular formula is C18H33N3O2. The molecule has 0 radical (unpaired) electrons. The van der Waals surface area contributed by atoms with Gasteiger partial charge in [-0.1, -0.05) is 27.7 Å². The normalized spacial score (nSPS) is 11.0. The Morgan fingerprint density at radius 2 is 1.78 bits per heavy atom. The van der Waals surface area contributed by atoms with E-state index in [1.54, 1.807) is 14.2 Å². The number of likely N-dealkylation sites (N-methyl/N-ethyl adjacent to an activating group) is 1. The number of benzene rings is 1. The summed E-state index contributed by atoms with van der Waals surface area (Å²) in [5.41, 5.74) is 8.44. The predicted octanol–water partition coefficient (Wildman–Crippen LogP) is 3.35. The first-order valence-corrected chi connectivity index (χ1v) is 8.32. The van der Waals surface area contributed by atoms with E-state index in [9.17, 15) is 0 Å². The molecule has 2 N–H and O–H groups in total. The number of ether oxygens (including phenoxy) is 2. The number of aliphatic imine (C=N–C) groups is 1. The Labute approximate surface area is 141 Å². The number of aryl methyl sites for hydroxylation is 1. The first-order valence-electron chi connectivity index (χ1n) is 8.32. The monoisotopic (exact) mass is 323 g/mol. The van der Waals surface area contributed by atoms with Gasteiger partial charge in [0.1, 0.15) is 5.75 Å². The van der Waals surface area contributed by atoms with Crippen LogP contribution in [0.15, 0.2) is 17.1 Å². The number of hydrogen-bond acceptors (Lipinski definition) is 5. The van der Waals surface area contributed by atoms with Gasteiger partial charge in [0, 0.05) is 18.3 Å². The molecule has 0 aromatic heterocycles. The molecule has 0 heterocycles. The number of nitrogens with zero attached hydrogens (tertiary/aromatic N) is 2. The van der Waals surface area contributed by atoms with Gasteiger partial charge >= 0.3 is 0 Å². The van der Waals surface area contributed by atoms with E-state index in [1.807, 2.05) is 32.9 Å². The summed E-state index contributed by atoms with van der Waals surface area (Å²) in [6.07, 6.45) is 0. The van der Waals surface area contributed by atoms with Gasteiger partial charge < -0.3 is 20.1 Å². The molecule has 0 saturated heterocycles. The van der Waals surface area contributed by atoms with Crippen LogP contribution in [-0.2, 0) is 4.74 Å². The summed E-state index contributed by atoms with van der Waals surface area (Å²) in [7, 11) is 3.25. The Hall–Kier alpha value is -1.75. The Kier molecular flexibility index (Phi) is 10.9. The Balaban J connectivity index is 0.00000232. The Bertz CT molecular complexity index is 483. The summed E-state index contributed by atoms with van der Waals surface area (Å²) in [6.45, 7) is 13.9. The van der Waals surface area contributed by atoms with E-state index in [2.05, 4.69) is 23.7 Å². The molecule has 5 heteroatoms. The van der Waals surface area contributed by atoms with Crippen LogP contribution in [-0.4, -0.2) is 51.2 Å². The van der Waals surface area contributed by atoms with Crippen molar-refractivity contribution >= 4 is 11.6 Å². The second-order valence-corrected chi connectivity index (χ2v) is 4.83. The lowest BCUT2D eigenvalue weighted by Crippen LogP contribution is -2.26. The number of nitrogens with two attached hydrogens (primary N) is 1. The quantitative estimate of drug-likeness (QED) is 0.475. The number of anilines is 1. The summed E-state index contributed by atoms with van der Waals surface area (Å²) in [6, 6.07) is 3.76. The summed E-state index contributed by atoms with van der Waals surface area (Å²) < 4.78 is 10.8. The van der Waals surface area contributed by atoms with Gasteiger partial charge in [-0.2, -0.15) is 0 Å². The summed E-state index contributed by atoms with van der Waals surface area (Å²) in [5.74, 6) is 1.27. The minimum Gasteiger partial charge on any atom is -0.496 e. The lowest BCUT2D eigenvalue weighted by Gasteiger charge is -2.17. The maximum absolute atomic E-state index is 5.92. The fraction of sp³-hybridized carbons (Fsp3) is 0.611. The van der Waals surface area contributed by atoms with Crippen molar-refractivity contribution in [1.29, 1.82) is 0 Å². The third-order valence-corrected chi connectivity index (χ3v) is 3.58. The summed E-state index contributed by atoms with van der Waals surface area (Å²) >= 11 is 0. The molecule has 0 aliphatic carbocycles. The highest BCUT2D eigenvalue weighted by Crippen LogP contribution is 2.25. The van der Waals surface area contributed by atoms with Crippen LogP contribution in [0.2, 0.25) is 0 Å². The van der Waals surface area contributed by atoms with Crippen molar-refractivity contribution in [2.45, 2.75) is 34.6 Å². The molecular weight excluding hydrogens is 290 g/mol. The van der Waals surface area contributed by atoms with Crippen molar-refractivity contribution in [2.75, 3.05) is 46.1 Å². The van der Waals surface area contributed by atoms with Gasteiger partial charge in [-0.15, -0.1) is 0 Å². The van der Waals surface area contributed by atoms with Gasteiger partial charge in [0.05, 0.1) is 26.3 Å². The Morgan fingerprint density at radius 1 is 1.17 bits per heavy atom. The molecule has 0 aliphatic heterocycles. The molecule has 1 aromatic rings. The highest BCUT2D eigenvalue weighted by Gasteiger charge is 2.13. The van der Waals surface area contributed by atoms with E-state index >= 15 is 0 Å². The zero-order valence-corrected chi connectivity index (χ0v) is 15.8. The summed E-state index contributed by atoms with van der Waals surface area (Å²) in [5, 5.41) is 0. The van der Waals surface area contributed by atoms with E-state index in [1.165, 1.54) is 0 Å². The van der Waals surface area contributed by atoms with E-state index in [4.69, 9.17) is 15.2 Å². The van der Waals surface area contributed by atoms with Crippen LogP contribution in [0.1, 0.15) is 38.8 Å². The van der Waals surface area contributed by atoms with Gasteiger partial charge in [-0.25, -0.2) is 4.99 Å². The van der Waals surface area contributed by atoms with Crippen molar-refractivity contribution in [2.24, 2.45) is 4.99 Å². The third-order valence-electron chi connectivity index (χ3n) is 3.58. The van der Waals surface area contributed by atoms with Gasteiger partial charge in [0.2, 0.25) is 5.90 Å². The van der Waals surface area contributed by atoms with Crippen molar-refractivity contribution < 1.29 is 9.47 Å². The zero-order valence-electron chi connectivity index (χ0n) is 15.8. The van der Waals surface area contributed by atoms with Crippen LogP contribution in [0.3, 0.4) is 0 Å². The van der Waals surface area contributed by atoms with E-state index in [0.717, 1.165) is 30.8 Å². The first kappa shape index (κ1) is 21.2. The van der Waals surface area contributed by atoms with E-state index in [-0.39, 0.29) is 0 Å². The largest absolute Gasteiger partial charge is 0.496 e. The molecule has 23 heavy (non-hydrogen) atoms. The summed E-state index contributed by atoms with van der Waals surface area (Å²) in [4.78, 5) is 6.88. The number of hydrogen-bond donors (Lipinski definition) is 1. The van der Waals surface area contributed by atoms with Crippen molar-refractivity contribution in [3.8, 4) is 5.75 Å². The lowest BCUT2D eigenvalue weighted by atomic mass is 10.1. The van der Waals surface area contributed by atoms with Crippen LogP contribution in [0.5, 0.6) is 5.75 Å². The maximum Gasteiger partial charge on any atom is 0.219 e. The maximum atomic E-state index is 5.92. The molecule has 0 atom stereocenters. The van der Waals surface area contributed by atoms with E-state index < -0.39 is 0 Å².